The van der Waals surface area contributed by atoms with Crippen LogP contribution in [-0.2, 0) is 19.1 Å². The number of piperazine rings is 1. The van der Waals surface area contributed by atoms with Gasteiger partial charge in [0.2, 0.25) is 11.8 Å². The Labute approximate surface area is 113 Å². The second kappa shape index (κ2) is 5.46. The van der Waals surface area contributed by atoms with Crippen molar-refractivity contribution in [2.45, 2.75) is 32.9 Å². The molecule has 0 saturated carbocycles. The minimum absolute atomic E-state index is 0.0405. The maximum atomic E-state index is 12.4. The van der Waals surface area contributed by atoms with Crippen LogP contribution in [0, 0.1) is 5.41 Å². The Morgan fingerprint density at radius 3 is 2.63 bits per heavy atom. The van der Waals surface area contributed by atoms with Crippen LogP contribution in [0.2, 0.25) is 0 Å². The molecule has 2 saturated heterocycles. The van der Waals surface area contributed by atoms with Gasteiger partial charge in [-0.25, -0.2) is 0 Å². The van der Waals surface area contributed by atoms with Crippen molar-refractivity contribution in [3.8, 4) is 0 Å². The van der Waals surface area contributed by atoms with E-state index in [1.165, 1.54) is 0 Å². The molecular weight excluding hydrogens is 248 g/mol. The fourth-order valence-corrected chi connectivity index (χ4v) is 2.33. The molecule has 2 fully saturated rings. The van der Waals surface area contributed by atoms with Crippen molar-refractivity contribution in [2.75, 3.05) is 32.9 Å². The Balaban J connectivity index is 2.02. The molecule has 6 heteroatoms. The van der Waals surface area contributed by atoms with Crippen LogP contribution >= 0.6 is 0 Å². The van der Waals surface area contributed by atoms with E-state index in [1.807, 2.05) is 20.8 Å². The van der Waals surface area contributed by atoms with Gasteiger partial charge in [0.05, 0.1) is 32.5 Å². The zero-order chi connectivity index (χ0) is 14.0. The van der Waals surface area contributed by atoms with E-state index in [2.05, 4.69) is 5.32 Å². The molecule has 2 aliphatic rings. The molecule has 0 aliphatic carbocycles. The largest absolute Gasteiger partial charge is 0.376 e. The third kappa shape index (κ3) is 3.45. The van der Waals surface area contributed by atoms with Crippen molar-refractivity contribution in [3.63, 3.8) is 0 Å². The Kier molecular flexibility index (Phi) is 4.10. The fourth-order valence-electron chi connectivity index (χ4n) is 2.33. The summed E-state index contributed by atoms with van der Waals surface area (Å²) in [7, 11) is 0. The lowest BCUT2D eigenvalue weighted by Gasteiger charge is -2.40. The molecule has 2 atom stereocenters. The minimum Gasteiger partial charge on any atom is -0.376 e. The molecule has 2 rings (SSSR count). The fraction of sp³-hybridized carbons (Fsp3) is 0.846. The van der Waals surface area contributed by atoms with E-state index in [0.29, 0.717) is 26.4 Å². The van der Waals surface area contributed by atoms with Gasteiger partial charge < -0.3 is 19.7 Å². The van der Waals surface area contributed by atoms with Crippen LogP contribution in [0.5, 0.6) is 0 Å². The van der Waals surface area contributed by atoms with E-state index in [-0.39, 0.29) is 29.9 Å². The van der Waals surface area contributed by atoms with Crippen LogP contribution in [0.15, 0.2) is 0 Å². The molecular formula is C13H22N2O4. The number of hydrogen-bond acceptors (Lipinski definition) is 4. The summed E-state index contributed by atoms with van der Waals surface area (Å²) in [4.78, 5) is 25.7. The van der Waals surface area contributed by atoms with E-state index in [1.54, 1.807) is 4.90 Å². The molecule has 6 nitrogen and oxygen atoms in total. The summed E-state index contributed by atoms with van der Waals surface area (Å²) >= 11 is 0. The van der Waals surface area contributed by atoms with Crippen LogP contribution < -0.4 is 5.32 Å². The van der Waals surface area contributed by atoms with Gasteiger partial charge in [-0.2, -0.15) is 0 Å². The summed E-state index contributed by atoms with van der Waals surface area (Å²) in [5, 5.41) is 2.77. The molecule has 0 aromatic rings. The number of hydrogen-bond donors (Lipinski definition) is 1. The highest BCUT2D eigenvalue weighted by Gasteiger charge is 2.40. The zero-order valence-corrected chi connectivity index (χ0v) is 11.8. The first kappa shape index (κ1) is 14.3. The van der Waals surface area contributed by atoms with Gasteiger partial charge in [0.1, 0.15) is 6.04 Å². The Bertz CT molecular complexity index is 358. The highest BCUT2D eigenvalue weighted by molar-refractivity contribution is 5.95. The van der Waals surface area contributed by atoms with Crippen molar-refractivity contribution < 1.29 is 19.1 Å². The third-order valence-electron chi connectivity index (χ3n) is 3.37. The molecule has 0 radical (unpaired) electrons. The van der Waals surface area contributed by atoms with Crippen LogP contribution in [0.25, 0.3) is 0 Å². The Morgan fingerprint density at radius 2 is 2.05 bits per heavy atom. The first-order chi connectivity index (χ1) is 8.88. The normalized spacial score (nSPS) is 29.3. The maximum Gasteiger partial charge on any atom is 0.246 e. The highest BCUT2D eigenvalue weighted by Crippen LogP contribution is 2.23. The van der Waals surface area contributed by atoms with Gasteiger partial charge in [0.15, 0.2) is 0 Å². The molecule has 0 aromatic carbocycles. The first-order valence-electron chi connectivity index (χ1n) is 6.65. The monoisotopic (exact) mass is 270 g/mol. The van der Waals surface area contributed by atoms with Crippen molar-refractivity contribution >= 4 is 11.8 Å². The second-order valence-electron chi connectivity index (χ2n) is 6.15. The second-order valence-corrected chi connectivity index (χ2v) is 6.15. The average Bonchev–Trinajstić information content (AvgIpc) is 2.33. The number of nitrogens with zero attached hydrogens (tertiary/aromatic N) is 1. The molecule has 0 bridgehead atoms. The molecule has 108 valence electrons. The SMILES string of the molecule is CC(C)(C)C1NC(=O)CN(CC2COCCO2)C1=O. The summed E-state index contributed by atoms with van der Waals surface area (Å²) in [6.07, 6.45) is -0.135. The molecule has 2 amide bonds. The zero-order valence-electron chi connectivity index (χ0n) is 11.8. The van der Waals surface area contributed by atoms with E-state index < -0.39 is 6.04 Å². The molecule has 0 spiro atoms. The lowest BCUT2D eigenvalue weighted by Crippen LogP contribution is -2.63. The van der Waals surface area contributed by atoms with E-state index >= 15 is 0 Å². The van der Waals surface area contributed by atoms with Gasteiger partial charge in [0, 0.05) is 6.54 Å². The van der Waals surface area contributed by atoms with Crippen LogP contribution in [0.3, 0.4) is 0 Å². The summed E-state index contributed by atoms with van der Waals surface area (Å²) in [5.41, 5.74) is -0.296. The first-order valence-corrected chi connectivity index (χ1v) is 6.65. The molecule has 2 heterocycles. The van der Waals surface area contributed by atoms with Gasteiger partial charge in [0.25, 0.3) is 0 Å². The minimum atomic E-state index is -0.474. The number of carbonyl (C=O) groups is 2. The molecule has 2 aliphatic heterocycles. The summed E-state index contributed by atoms with van der Waals surface area (Å²) < 4.78 is 10.9. The van der Waals surface area contributed by atoms with Gasteiger partial charge in [-0.05, 0) is 5.41 Å². The standard InChI is InChI=1S/C13H22N2O4/c1-13(2,3)11-12(17)15(7-10(16)14-11)6-9-8-18-4-5-19-9/h9,11H,4-8H2,1-3H3,(H,14,16). The number of carbonyl (C=O) groups excluding carboxylic acids is 2. The smallest absolute Gasteiger partial charge is 0.246 e. The molecule has 2 unspecified atom stereocenters. The molecule has 0 aromatic heterocycles. The van der Waals surface area contributed by atoms with Gasteiger partial charge >= 0.3 is 0 Å². The number of nitrogens with one attached hydrogen (secondary N) is 1. The van der Waals surface area contributed by atoms with Gasteiger partial charge in [-0.3, -0.25) is 9.59 Å². The number of ether oxygens (including phenoxy) is 2. The highest BCUT2D eigenvalue weighted by atomic mass is 16.6. The predicted molar refractivity (Wildman–Crippen MR) is 68.5 cm³/mol. The molecule has 1 N–H and O–H groups in total. The Morgan fingerprint density at radius 1 is 1.32 bits per heavy atom. The van der Waals surface area contributed by atoms with E-state index in [9.17, 15) is 9.59 Å². The quantitative estimate of drug-likeness (QED) is 0.753. The van der Waals surface area contributed by atoms with Gasteiger partial charge in [-0.1, -0.05) is 20.8 Å². The summed E-state index contributed by atoms with van der Waals surface area (Å²) in [6, 6.07) is -0.474. The lowest BCUT2D eigenvalue weighted by atomic mass is 9.84. The third-order valence-corrected chi connectivity index (χ3v) is 3.37. The number of rotatable bonds is 2. The van der Waals surface area contributed by atoms with E-state index in [0.717, 1.165) is 0 Å². The average molecular weight is 270 g/mol. The van der Waals surface area contributed by atoms with Crippen molar-refractivity contribution in [1.82, 2.24) is 10.2 Å². The van der Waals surface area contributed by atoms with Crippen LogP contribution in [0.4, 0.5) is 0 Å². The maximum absolute atomic E-state index is 12.4. The van der Waals surface area contributed by atoms with Crippen LogP contribution in [-0.4, -0.2) is 61.8 Å². The molecule has 19 heavy (non-hydrogen) atoms. The van der Waals surface area contributed by atoms with Crippen molar-refractivity contribution in [1.29, 1.82) is 0 Å². The van der Waals surface area contributed by atoms with E-state index in [4.69, 9.17) is 9.47 Å². The van der Waals surface area contributed by atoms with Crippen molar-refractivity contribution in [3.05, 3.63) is 0 Å². The topological polar surface area (TPSA) is 67.9 Å². The Hall–Kier alpha value is -1.14. The van der Waals surface area contributed by atoms with Crippen LogP contribution in [0.1, 0.15) is 20.8 Å². The van der Waals surface area contributed by atoms with Crippen molar-refractivity contribution in [2.24, 2.45) is 5.41 Å². The predicted octanol–water partition coefficient (Wildman–Crippen LogP) is -0.225. The van der Waals surface area contributed by atoms with Gasteiger partial charge in [-0.15, -0.1) is 0 Å². The number of amides is 2. The summed E-state index contributed by atoms with van der Waals surface area (Å²) in [6.45, 7) is 7.96. The summed E-state index contributed by atoms with van der Waals surface area (Å²) in [5.74, 6) is -0.155. The lowest BCUT2D eigenvalue weighted by molar-refractivity contribution is -0.152.